The van der Waals surface area contributed by atoms with Gasteiger partial charge in [0.2, 0.25) is 5.67 Å². The van der Waals surface area contributed by atoms with Crippen molar-refractivity contribution in [3.63, 3.8) is 0 Å². The molecule has 2 rings (SSSR count). The zero-order valence-corrected chi connectivity index (χ0v) is 13.3. The minimum atomic E-state index is -1.79. The molecule has 1 aliphatic heterocycles. The Morgan fingerprint density at radius 2 is 2.09 bits per heavy atom. The number of benzene rings is 1. The zero-order chi connectivity index (χ0) is 16.2. The van der Waals surface area contributed by atoms with Gasteiger partial charge in [-0.15, -0.1) is 0 Å². The number of nitrogens with one attached hydrogen (secondary N) is 1. The first-order chi connectivity index (χ1) is 10.5. The van der Waals surface area contributed by atoms with Gasteiger partial charge >= 0.3 is 0 Å². The highest BCUT2D eigenvalue weighted by atomic mass is 19.1. The van der Waals surface area contributed by atoms with Gasteiger partial charge in [-0.05, 0) is 31.2 Å². The molecule has 1 aromatic rings. The monoisotopic (exact) mass is 310 g/mol. The predicted molar refractivity (Wildman–Crippen MR) is 82.0 cm³/mol. The Labute approximate surface area is 130 Å². The Kier molecular flexibility index (Phi) is 5.24. The molecular weight excluding hydrogens is 287 g/mol. The van der Waals surface area contributed by atoms with Crippen LogP contribution in [0.5, 0.6) is 11.5 Å². The van der Waals surface area contributed by atoms with Crippen LogP contribution < -0.4 is 14.8 Å². The lowest BCUT2D eigenvalue weighted by molar-refractivity contribution is -0.143. The number of carbonyl (C=O) groups excluding carboxylic acids is 1. The van der Waals surface area contributed by atoms with Gasteiger partial charge in [0.05, 0.1) is 14.2 Å². The van der Waals surface area contributed by atoms with Crippen molar-refractivity contribution in [2.24, 2.45) is 0 Å². The molecule has 1 atom stereocenters. The molecule has 122 valence electrons. The third-order valence-electron chi connectivity index (χ3n) is 3.98. The zero-order valence-electron chi connectivity index (χ0n) is 13.3. The average molecular weight is 310 g/mol. The smallest absolute Gasteiger partial charge is 0.261 e. The molecule has 0 bridgehead atoms. The molecule has 1 aliphatic rings. The first-order valence-corrected chi connectivity index (χ1v) is 7.44. The summed E-state index contributed by atoms with van der Waals surface area (Å²) in [6.07, 6.45) is 0.230. The molecule has 1 saturated heterocycles. The number of methoxy groups -OCH3 is 2. The molecule has 1 aromatic carbocycles. The largest absolute Gasteiger partial charge is 0.493 e. The van der Waals surface area contributed by atoms with E-state index in [0.717, 1.165) is 5.56 Å². The molecule has 0 aromatic heterocycles. The maximum absolute atomic E-state index is 14.6. The van der Waals surface area contributed by atoms with E-state index in [0.29, 0.717) is 31.1 Å². The summed E-state index contributed by atoms with van der Waals surface area (Å²) in [6.45, 7) is 3.29. The minimum absolute atomic E-state index is 0.0915. The molecule has 5 nitrogen and oxygen atoms in total. The Bertz CT molecular complexity index is 530. The third-order valence-corrected chi connectivity index (χ3v) is 3.98. The van der Waals surface area contributed by atoms with Gasteiger partial charge in [-0.1, -0.05) is 6.07 Å². The summed E-state index contributed by atoms with van der Waals surface area (Å²) in [5.41, 5.74) is -0.908. The fourth-order valence-electron chi connectivity index (χ4n) is 2.65. The topological polar surface area (TPSA) is 50.8 Å². The highest BCUT2D eigenvalue weighted by Gasteiger charge is 2.43. The van der Waals surface area contributed by atoms with E-state index in [4.69, 9.17) is 9.47 Å². The molecule has 22 heavy (non-hydrogen) atoms. The van der Waals surface area contributed by atoms with Gasteiger partial charge < -0.3 is 19.7 Å². The average Bonchev–Trinajstić information content (AvgIpc) is 2.99. The van der Waals surface area contributed by atoms with Crippen molar-refractivity contribution in [2.45, 2.75) is 25.6 Å². The van der Waals surface area contributed by atoms with E-state index in [2.05, 4.69) is 5.32 Å². The van der Waals surface area contributed by atoms with Crippen LogP contribution in [0.25, 0.3) is 0 Å². The Hall–Kier alpha value is -1.82. The van der Waals surface area contributed by atoms with Crippen molar-refractivity contribution in [2.75, 3.05) is 33.9 Å². The van der Waals surface area contributed by atoms with Crippen LogP contribution in [-0.2, 0) is 11.3 Å². The molecule has 0 saturated carbocycles. The number of hydrogen-bond acceptors (Lipinski definition) is 4. The molecule has 6 heteroatoms. The van der Waals surface area contributed by atoms with Gasteiger partial charge in [-0.25, -0.2) is 4.39 Å². The number of carbonyl (C=O) groups is 1. The lowest BCUT2D eigenvalue weighted by atomic mass is 10.0. The molecule has 1 amide bonds. The maximum atomic E-state index is 14.6. The SMILES string of the molecule is CCN(Cc1ccc(OC)c(OC)c1)C(=O)C1(F)CCNC1. The van der Waals surface area contributed by atoms with Crippen molar-refractivity contribution in [3.8, 4) is 11.5 Å². The van der Waals surface area contributed by atoms with Crippen LogP contribution in [-0.4, -0.2) is 50.3 Å². The lowest BCUT2D eigenvalue weighted by Gasteiger charge is -2.28. The molecular formula is C16H23FN2O3. The van der Waals surface area contributed by atoms with Gasteiger partial charge in [0.25, 0.3) is 5.91 Å². The molecule has 1 fully saturated rings. The van der Waals surface area contributed by atoms with E-state index in [1.54, 1.807) is 20.3 Å². The fraction of sp³-hybridized carbons (Fsp3) is 0.562. The van der Waals surface area contributed by atoms with E-state index in [1.807, 2.05) is 19.1 Å². The molecule has 1 unspecified atom stereocenters. The Balaban J connectivity index is 2.14. The van der Waals surface area contributed by atoms with Gasteiger partial charge in [-0.2, -0.15) is 0 Å². The van der Waals surface area contributed by atoms with Crippen LogP contribution >= 0.6 is 0 Å². The summed E-state index contributed by atoms with van der Waals surface area (Å²) in [6, 6.07) is 5.45. The number of rotatable bonds is 6. The first-order valence-electron chi connectivity index (χ1n) is 7.44. The highest BCUT2D eigenvalue weighted by Crippen LogP contribution is 2.29. The van der Waals surface area contributed by atoms with Crippen LogP contribution in [0, 0.1) is 0 Å². The molecule has 1 N–H and O–H groups in total. The number of nitrogens with zero attached hydrogens (tertiary/aromatic N) is 1. The standard InChI is InChI=1S/C16H23FN2O3/c1-4-19(15(20)16(17)7-8-18-11-16)10-12-5-6-13(21-2)14(9-12)22-3/h5-6,9,18H,4,7-8,10-11H2,1-3H3. The summed E-state index contributed by atoms with van der Waals surface area (Å²) >= 11 is 0. The first kappa shape index (κ1) is 16.5. The normalized spacial score (nSPS) is 20.7. The minimum Gasteiger partial charge on any atom is -0.493 e. The molecule has 0 radical (unpaired) electrons. The van der Waals surface area contributed by atoms with Crippen LogP contribution in [0.4, 0.5) is 4.39 Å². The molecule has 0 aliphatic carbocycles. The Morgan fingerprint density at radius 1 is 1.36 bits per heavy atom. The second-order valence-corrected chi connectivity index (χ2v) is 5.40. The fourth-order valence-corrected chi connectivity index (χ4v) is 2.65. The number of hydrogen-bond donors (Lipinski definition) is 1. The van der Waals surface area contributed by atoms with Crippen molar-refractivity contribution in [1.82, 2.24) is 10.2 Å². The summed E-state index contributed by atoms with van der Waals surface area (Å²) in [7, 11) is 3.13. The van der Waals surface area contributed by atoms with Crippen LogP contribution in [0.1, 0.15) is 18.9 Å². The van der Waals surface area contributed by atoms with Crippen LogP contribution in [0.15, 0.2) is 18.2 Å². The number of amides is 1. The number of ether oxygens (including phenoxy) is 2. The second kappa shape index (κ2) is 6.96. The molecule has 1 heterocycles. The van der Waals surface area contributed by atoms with Crippen molar-refractivity contribution < 1.29 is 18.7 Å². The summed E-state index contributed by atoms with van der Waals surface area (Å²) in [5.74, 6) is 0.776. The van der Waals surface area contributed by atoms with Gasteiger partial charge in [0.15, 0.2) is 11.5 Å². The van der Waals surface area contributed by atoms with Gasteiger partial charge in [0.1, 0.15) is 0 Å². The predicted octanol–water partition coefficient (Wildman–Crippen LogP) is 1.75. The third kappa shape index (κ3) is 3.32. The van der Waals surface area contributed by atoms with Crippen molar-refractivity contribution >= 4 is 5.91 Å². The van der Waals surface area contributed by atoms with E-state index in [-0.39, 0.29) is 13.0 Å². The van der Waals surface area contributed by atoms with Crippen molar-refractivity contribution in [3.05, 3.63) is 23.8 Å². The van der Waals surface area contributed by atoms with E-state index in [1.165, 1.54) is 4.90 Å². The number of halogens is 1. The van der Waals surface area contributed by atoms with E-state index >= 15 is 0 Å². The Morgan fingerprint density at radius 3 is 2.64 bits per heavy atom. The second-order valence-electron chi connectivity index (χ2n) is 5.40. The summed E-state index contributed by atoms with van der Waals surface area (Å²) < 4.78 is 25.1. The molecule has 0 spiro atoms. The maximum Gasteiger partial charge on any atom is 0.261 e. The van der Waals surface area contributed by atoms with Gasteiger partial charge in [-0.3, -0.25) is 4.79 Å². The highest BCUT2D eigenvalue weighted by molar-refractivity contribution is 5.85. The van der Waals surface area contributed by atoms with E-state index < -0.39 is 11.6 Å². The van der Waals surface area contributed by atoms with E-state index in [9.17, 15) is 9.18 Å². The number of alkyl halides is 1. The quantitative estimate of drug-likeness (QED) is 0.870. The van der Waals surface area contributed by atoms with Crippen LogP contribution in [0.2, 0.25) is 0 Å². The summed E-state index contributed by atoms with van der Waals surface area (Å²) in [5, 5.41) is 2.91. The summed E-state index contributed by atoms with van der Waals surface area (Å²) in [4.78, 5) is 14.0. The van der Waals surface area contributed by atoms with Gasteiger partial charge in [0, 0.05) is 26.1 Å². The van der Waals surface area contributed by atoms with Crippen LogP contribution in [0.3, 0.4) is 0 Å². The lowest BCUT2D eigenvalue weighted by Crippen LogP contribution is -2.47. The van der Waals surface area contributed by atoms with Crippen molar-refractivity contribution in [1.29, 1.82) is 0 Å².